The van der Waals surface area contributed by atoms with Crippen molar-refractivity contribution in [1.29, 1.82) is 0 Å². The Morgan fingerprint density at radius 2 is 1.83 bits per heavy atom. The molecule has 0 heterocycles. The van der Waals surface area contributed by atoms with Crippen molar-refractivity contribution in [2.24, 2.45) is 5.14 Å². The zero-order chi connectivity index (χ0) is 13.9. The van der Waals surface area contributed by atoms with Crippen LogP contribution in [0.3, 0.4) is 0 Å². The number of halogens is 2. The number of rotatable bonds is 5. The molecule has 0 aromatic heterocycles. The lowest BCUT2D eigenvalue weighted by atomic mass is 10.3. The van der Waals surface area contributed by atoms with Crippen molar-refractivity contribution in [3.63, 3.8) is 0 Å². The molecule has 1 rings (SSSR count). The molecular weight excluding hydrogens is 392 g/mol. The van der Waals surface area contributed by atoms with Crippen LogP contribution in [0.2, 0.25) is 0 Å². The van der Waals surface area contributed by atoms with Crippen molar-refractivity contribution in [3.8, 4) is 0 Å². The summed E-state index contributed by atoms with van der Waals surface area (Å²) in [6.45, 7) is -0.236. The lowest BCUT2D eigenvalue weighted by molar-refractivity contribution is 0.105. The van der Waals surface area contributed by atoms with Gasteiger partial charge in [-0.25, -0.2) is 13.6 Å². The molecule has 9 heteroatoms. The maximum absolute atomic E-state index is 11.2. The van der Waals surface area contributed by atoms with Crippen LogP contribution in [-0.4, -0.2) is 37.9 Å². The third-order valence-electron chi connectivity index (χ3n) is 2.07. The fraction of sp³-hybridized carbons (Fsp3) is 0.333. The summed E-state index contributed by atoms with van der Waals surface area (Å²) in [6, 6.07) is 2.71. The van der Waals surface area contributed by atoms with Crippen molar-refractivity contribution in [1.82, 2.24) is 0 Å². The van der Waals surface area contributed by atoms with E-state index in [9.17, 15) is 13.5 Å². The van der Waals surface area contributed by atoms with E-state index in [0.29, 0.717) is 14.6 Å². The van der Waals surface area contributed by atoms with E-state index in [-0.39, 0.29) is 18.0 Å². The fourth-order valence-electron chi connectivity index (χ4n) is 1.17. The predicted octanol–water partition coefficient (Wildman–Crippen LogP) is 0.624. The third kappa shape index (κ3) is 4.18. The topological polar surface area (TPSA) is 113 Å². The van der Waals surface area contributed by atoms with Crippen LogP contribution in [0.4, 0.5) is 5.69 Å². The minimum absolute atomic E-state index is 0.0329. The number of anilines is 1. The largest absolute Gasteiger partial charge is 0.394 e. The van der Waals surface area contributed by atoms with E-state index >= 15 is 0 Å². The standard InChI is InChI=1S/C9H12Br2N2O4S/c10-7-1-6(18(12,16)17)2-8(11)9(7)13-3-5(15)4-14/h1-2,5,13-15H,3-4H2,(H2,12,16,17). The maximum Gasteiger partial charge on any atom is 0.238 e. The van der Waals surface area contributed by atoms with Crippen molar-refractivity contribution < 1.29 is 18.6 Å². The summed E-state index contributed by atoms with van der Waals surface area (Å²) >= 11 is 6.41. The van der Waals surface area contributed by atoms with Gasteiger partial charge in [-0.2, -0.15) is 0 Å². The fourth-order valence-corrected chi connectivity index (χ4v) is 3.50. The van der Waals surface area contributed by atoms with Crippen molar-refractivity contribution in [3.05, 3.63) is 21.1 Å². The first-order chi connectivity index (χ1) is 8.25. The van der Waals surface area contributed by atoms with Gasteiger partial charge in [0, 0.05) is 15.5 Å². The van der Waals surface area contributed by atoms with Crippen LogP contribution in [0, 0.1) is 0 Å². The first-order valence-electron chi connectivity index (χ1n) is 4.80. The average Bonchev–Trinajstić information content (AvgIpc) is 2.26. The second-order valence-corrected chi connectivity index (χ2v) is 6.79. The Kier molecular flexibility index (Phi) is 5.56. The maximum atomic E-state index is 11.2. The second-order valence-electron chi connectivity index (χ2n) is 3.52. The molecule has 1 atom stereocenters. The zero-order valence-corrected chi connectivity index (χ0v) is 13.1. The molecule has 0 spiro atoms. The van der Waals surface area contributed by atoms with E-state index in [2.05, 4.69) is 37.2 Å². The highest BCUT2D eigenvalue weighted by Gasteiger charge is 2.14. The van der Waals surface area contributed by atoms with Crippen molar-refractivity contribution in [2.45, 2.75) is 11.0 Å². The first-order valence-corrected chi connectivity index (χ1v) is 7.93. The van der Waals surface area contributed by atoms with Gasteiger partial charge in [-0.1, -0.05) is 0 Å². The Balaban J connectivity index is 3.02. The molecule has 0 aliphatic heterocycles. The van der Waals surface area contributed by atoms with Crippen LogP contribution in [0.5, 0.6) is 0 Å². The molecule has 102 valence electrons. The molecule has 6 nitrogen and oxygen atoms in total. The number of aliphatic hydroxyl groups is 2. The van der Waals surface area contributed by atoms with Crippen LogP contribution < -0.4 is 10.5 Å². The summed E-state index contributed by atoms with van der Waals surface area (Å²) < 4.78 is 23.4. The van der Waals surface area contributed by atoms with Gasteiger partial charge in [0.1, 0.15) is 0 Å². The van der Waals surface area contributed by atoms with Crippen molar-refractivity contribution in [2.75, 3.05) is 18.5 Å². The molecule has 0 bridgehead atoms. The molecule has 5 N–H and O–H groups in total. The molecule has 0 fully saturated rings. The van der Waals surface area contributed by atoms with Crippen LogP contribution in [-0.2, 0) is 10.0 Å². The molecule has 0 radical (unpaired) electrons. The summed E-state index contributed by atoms with van der Waals surface area (Å²) in [5.74, 6) is 0. The normalized spacial score (nSPS) is 13.4. The Labute approximate surface area is 122 Å². The number of aliphatic hydroxyl groups excluding tert-OH is 2. The number of nitrogens with two attached hydrogens (primary N) is 1. The summed E-state index contributed by atoms with van der Waals surface area (Å²) in [6.07, 6.45) is -0.901. The van der Waals surface area contributed by atoms with Crippen LogP contribution >= 0.6 is 31.9 Å². The number of primary sulfonamides is 1. The molecule has 1 aromatic rings. The molecule has 0 aliphatic carbocycles. The van der Waals surface area contributed by atoms with Gasteiger partial charge >= 0.3 is 0 Å². The number of nitrogens with one attached hydrogen (secondary N) is 1. The number of sulfonamides is 1. The molecule has 18 heavy (non-hydrogen) atoms. The molecule has 0 amide bonds. The summed E-state index contributed by atoms with van der Waals surface area (Å²) in [4.78, 5) is -0.0329. The highest BCUT2D eigenvalue weighted by atomic mass is 79.9. The van der Waals surface area contributed by atoms with Crippen molar-refractivity contribution >= 4 is 47.6 Å². The zero-order valence-electron chi connectivity index (χ0n) is 9.10. The second kappa shape index (κ2) is 6.31. The van der Waals surface area contributed by atoms with Gasteiger partial charge < -0.3 is 15.5 Å². The van der Waals surface area contributed by atoms with E-state index in [1.807, 2.05) is 0 Å². The average molecular weight is 404 g/mol. The van der Waals surface area contributed by atoms with Gasteiger partial charge in [0.25, 0.3) is 0 Å². The molecular formula is C9H12Br2N2O4S. The van der Waals surface area contributed by atoms with Gasteiger partial charge in [0.2, 0.25) is 10.0 Å². The van der Waals surface area contributed by atoms with Crippen LogP contribution in [0.15, 0.2) is 26.0 Å². The molecule has 0 saturated heterocycles. The highest BCUT2D eigenvalue weighted by molar-refractivity contribution is 9.11. The van der Waals surface area contributed by atoms with E-state index in [1.54, 1.807) is 0 Å². The minimum atomic E-state index is -3.78. The van der Waals surface area contributed by atoms with Gasteiger partial charge in [-0.15, -0.1) is 0 Å². The minimum Gasteiger partial charge on any atom is -0.394 e. The van der Waals surface area contributed by atoms with Gasteiger partial charge in [0.05, 0.1) is 23.3 Å². The van der Waals surface area contributed by atoms with E-state index in [4.69, 9.17) is 10.2 Å². The quantitative estimate of drug-likeness (QED) is 0.575. The van der Waals surface area contributed by atoms with Gasteiger partial charge in [-0.05, 0) is 44.0 Å². The van der Waals surface area contributed by atoms with Crippen LogP contribution in [0.1, 0.15) is 0 Å². The molecule has 0 saturated carbocycles. The number of hydrogen-bond donors (Lipinski definition) is 4. The molecule has 1 unspecified atom stereocenters. The molecule has 1 aromatic carbocycles. The smallest absolute Gasteiger partial charge is 0.238 e. The van der Waals surface area contributed by atoms with Gasteiger partial charge in [0.15, 0.2) is 0 Å². The van der Waals surface area contributed by atoms with E-state index in [0.717, 1.165) is 0 Å². The van der Waals surface area contributed by atoms with E-state index < -0.39 is 16.1 Å². The van der Waals surface area contributed by atoms with E-state index in [1.165, 1.54) is 12.1 Å². The SMILES string of the molecule is NS(=O)(=O)c1cc(Br)c(NCC(O)CO)c(Br)c1. The predicted molar refractivity (Wildman–Crippen MR) is 74.8 cm³/mol. The summed E-state index contributed by atoms with van der Waals surface area (Å²) in [7, 11) is -3.78. The lowest BCUT2D eigenvalue weighted by Crippen LogP contribution is -2.23. The summed E-state index contributed by atoms with van der Waals surface area (Å²) in [5.41, 5.74) is 0.565. The summed E-state index contributed by atoms with van der Waals surface area (Å²) in [5, 5.41) is 25.8. The lowest BCUT2D eigenvalue weighted by Gasteiger charge is -2.14. The Morgan fingerprint density at radius 3 is 2.22 bits per heavy atom. The third-order valence-corrected chi connectivity index (χ3v) is 4.21. The van der Waals surface area contributed by atoms with Crippen LogP contribution in [0.25, 0.3) is 0 Å². The Morgan fingerprint density at radius 1 is 1.33 bits per heavy atom. The highest BCUT2D eigenvalue weighted by Crippen LogP contribution is 2.33. The Hall–Kier alpha value is -0.190. The number of benzene rings is 1. The first kappa shape index (κ1) is 15.9. The Bertz CT molecular complexity index is 512. The number of hydrogen-bond acceptors (Lipinski definition) is 5. The van der Waals surface area contributed by atoms with Gasteiger partial charge in [-0.3, -0.25) is 0 Å². The molecule has 0 aliphatic rings. The monoisotopic (exact) mass is 402 g/mol.